The first-order valence-corrected chi connectivity index (χ1v) is 6.08. The summed E-state index contributed by atoms with van der Waals surface area (Å²) in [5.41, 5.74) is 3.00. The molecule has 0 aliphatic carbocycles. The van der Waals surface area contributed by atoms with Crippen LogP contribution in [0.2, 0.25) is 0 Å². The lowest BCUT2D eigenvalue weighted by atomic mass is 10.1. The number of benzene rings is 1. The molecule has 3 rings (SSSR count). The molecule has 0 unspecified atom stereocenters. The molecule has 2 aromatic heterocycles. The van der Waals surface area contributed by atoms with Crippen LogP contribution in [0.5, 0.6) is 5.75 Å². The molecule has 7 heteroatoms. The van der Waals surface area contributed by atoms with Gasteiger partial charge in [0.25, 0.3) is 0 Å². The lowest BCUT2D eigenvalue weighted by Gasteiger charge is -2.09. The summed E-state index contributed by atoms with van der Waals surface area (Å²) < 4.78 is 42.0. The first-order valence-electron chi connectivity index (χ1n) is 6.08. The summed E-state index contributed by atoms with van der Waals surface area (Å²) in [6, 6.07) is 5.58. The molecule has 0 aliphatic rings. The molecule has 3 aromatic rings. The Labute approximate surface area is 117 Å². The number of nitrogens with zero attached hydrogens (tertiary/aromatic N) is 3. The van der Waals surface area contributed by atoms with Gasteiger partial charge in [-0.3, -0.25) is 4.98 Å². The second kappa shape index (κ2) is 4.76. The molecule has 0 bridgehead atoms. The van der Waals surface area contributed by atoms with E-state index in [9.17, 15) is 13.2 Å². The fraction of sp³-hybridized carbons (Fsp3) is 0.143. The Bertz CT molecular complexity index is 778. The summed E-state index contributed by atoms with van der Waals surface area (Å²) in [5.74, 6) is -0.258. The van der Waals surface area contributed by atoms with Gasteiger partial charge in [-0.15, -0.1) is 13.2 Å². The van der Waals surface area contributed by atoms with Crippen molar-refractivity contribution in [2.24, 2.45) is 0 Å². The molecule has 4 nitrogen and oxygen atoms in total. The van der Waals surface area contributed by atoms with Crippen LogP contribution >= 0.6 is 0 Å². The van der Waals surface area contributed by atoms with Gasteiger partial charge in [-0.05, 0) is 31.2 Å². The van der Waals surface area contributed by atoms with Crippen LogP contribution < -0.4 is 4.74 Å². The third-order valence-corrected chi connectivity index (χ3v) is 2.96. The molecule has 1 aromatic carbocycles. The fourth-order valence-corrected chi connectivity index (χ4v) is 1.99. The van der Waals surface area contributed by atoms with Crippen molar-refractivity contribution in [2.75, 3.05) is 0 Å². The van der Waals surface area contributed by atoms with Gasteiger partial charge in [-0.2, -0.15) is 0 Å². The lowest BCUT2D eigenvalue weighted by Crippen LogP contribution is -2.16. The highest BCUT2D eigenvalue weighted by Crippen LogP contribution is 2.25. The third kappa shape index (κ3) is 2.81. The van der Waals surface area contributed by atoms with E-state index in [0.29, 0.717) is 16.9 Å². The van der Waals surface area contributed by atoms with Crippen molar-refractivity contribution in [3.05, 3.63) is 48.5 Å². The van der Waals surface area contributed by atoms with Gasteiger partial charge in [0.2, 0.25) is 0 Å². The molecule has 0 spiro atoms. The van der Waals surface area contributed by atoms with E-state index in [1.54, 1.807) is 18.6 Å². The van der Waals surface area contributed by atoms with Gasteiger partial charge in [-0.25, -0.2) is 4.98 Å². The normalized spacial score (nSPS) is 11.8. The quantitative estimate of drug-likeness (QED) is 0.724. The van der Waals surface area contributed by atoms with Crippen molar-refractivity contribution in [1.82, 2.24) is 14.4 Å². The maximum absolute atomic E-state index is 12.1. The van der Waals surface area contributed by atoms with Crippen molar-refractivity contribution in [1.29, 1.82) is 0 Å². The number of hydrogen-bond acceptors (Lipinski definition) is 3. The predicted molar refractivity (Wildman–Crippen MR) is 69.8 cm³/mol. The summed E-state index contributed by atoms with van der Waals surface area (Å²) in [6.45, 7) is 1.91. The summed E-state index contributed by atoms with van der Waals surface area (Å²) in [5, 5.41) is 0. The maximum Gasteiger partial charge on any atom is 0.573 e. The van der Waals surface area contributed by atoms with Gasteiger partial charge >= 0.3 is 6.36 Å². The standard InChI is InChI=1S/C14H10F3N3O/c1-9-6-19-13-7-18-12(8-20(9)13)10-2-4-11(5-3-10)21-14(15,16)17/h2-8H,1H3. The lowest BCUT2D eigenvalue weighted by molar-refractivity contribution is -0.274. The highest BCUT2D eigenvalue weighted by molar-refractivity contribution is 5.60. The Morgan fingerprint density at radius 1 is 1.05 bits per heavy atom. The topological polar surface area (TPSA) is 39.4 Å². The molecule has 0 fully saturated rings. The first kappa shape index (κ1) is 13.4. The van der Waals surface area contributed by atoms with Crippen molar-refractivity contribution >= 4 is 5.65 Å². The van der Waals surface area contributed by atoms with Crippen LogP contribution in [0.3, 0.4) is 0 Å². The Morgan fingerprint density at radius 3 is 2.43 bits per heavy atom. The zero-order chi connectivity index (χ0) is 15.0. The molecule has 0 N–H and O–H groups in total. The molecule has 0 amide bonds. The maximum atomic E-state index is 12.1. The minimum absolute atomic E-state index is 0.258. The van der Waals surface area contributed by atoms with Gasteiger partial charge in [0.1, 0.15) is 5.75 Å². The van der Waals surface area contributed by atoms with Gasteiger partial charge in [0, 0.05) is 23.7 Å². The van der Waals surface area contributed by atoms with Gasteiger partial charge in [-0.1, -0.05) is 0 Å². The van der Waals surface area contributed by atoms with Crippen LogP contribution in [0, 0.1) is 6.92 Å². The fourth-order valence-electron chi connectivity index (χ4n) is 1.99. The number of aromatic nitrogens is 3. The number of rotatable bonds is 2. The molecule has 0 saturated carbocycles. The van der Waals surface area contributed by atoms with E-state index in [1.807, 2.05) is 11.3 Å². The molecule has 0 radical (unpaired) electrons. The largest absolute Gasteiger partial charge is 0.573 e. The van der Waals surface area contributed by atoms with Crippen LogP contribution in [0.1, 0.15) is 5.69 Å². The highest BCUT2D eigenvalue weighted by atomic mass is 19.4. The molecule has 108 valence electrons. The number of imidazole rings is 1. The molecule has 2 heterocycles. The number of halogens is 3. The van der Waals surface area contributed by atoms with Crippen molar-refractivity contribution in [3.63, 3.8) is 0 Å². The monoisotopic (exact) mass is 293 g/mol. The zero-order valence-electron chi connectivity index (χ0n) is 10.9. The third-order valence-electron chi connectivity index (χ3n) is 2.96. The van der Waals surface area contributed by atoms with E-state index in [2.05, 4.69) is 14.7 Å². The number of fused-ring (bicyclic) bond motifs is 1. The summed E-state index contributed by atoms with van der Waals surface area (Å²) >= 11 is 0. The molecular weight excluding hydrogens is 283 g/mol. The van der Waals surface area contributed by atoms with E-state index >= 15 is 0 Å². The second-order valence-electron chi connectivity index (χ2n) is 4.47. The van der Waals surface area contributed by atoms with Gasteiger partial charge in [0.05, 0.1) is 11.9 Å². The average Bonchev–Trinajstić information content (AvgIpc) is 2.79. The Kier molecular flexibility index (Phi) is 3.04. The van der Waals surface area contributed by atoms with Crippen LogP contribution in [-0.4, -0.2) is 20.7 Å². The molecule has 21 heavy (non-hydrogen) atoms. The summed E-state index contributed by atoms with van der Waals surface area (Å²) in [6.07, 6.45) is 0.438. The zero-order valence-corrected chi connectivity index (χ0v) is 10.9. The van der Waals surface area contributed by atoms with E-state index in [-0.39, 0.29) is 5.75 Å². The van der Waals surface area contributed by atoms with Gasteiger partial charge in [0.15, 0.2) is 5.65 Å². The average molecular weight is 293 g/mol. The SMILES string of the molecule is Cc1cnc2cnc(-c3ccc(OC(F)(F)F)cc3)cn12. The van der Waals surface area contributed by atoms with Crippen LogP contribution in [0.15, 0.2) is 42.9 Å². The molecular formula is C14H10F3N3O. The van der Waals surface area contributed by atoms with Crippen molar-refractivity contribution in [2.45, 2.75) is 13.3 Å². The smallest absolute Gasteiger partial charge is 0.406 e. The summed E-state index contributed by atoms with van der Waals surface area (Å²) in [7, 11) is 0. The minimum Gasteiger partial charge on any atom is -0.406 e. The highest BCUT2D eigenvalue weighted by Gasteiger charge is 2.30. The number of ether oxygens (including phenoxy) is 1. The first-order chi connectivity index (χ1) is 9.92. The van der Waals surface area contributed by atoms with Crippen LogP contribution in [-0.2, 0) is 0 Å². The van der Waals surface area contributed by atoms with E-state index in [4.69, 9.17) is 0 Å². The van der Waals surface area contributed by atoms with Crippen molar-refractivity contribution in [3.8, 4) is 17.0 Å². The second-order valence-corrected chi connectivity index (χ2v) is 4.47. The van der Waals surface area contributed by atoms with Crippen LogP contribution in [0.25, 0.3) is 16.9 Å². The van der Waals surface area contributed by atoms with E-state index in [0.717, 1.165) is 5.69 Å². The molecule has 0 saturated heterocycles. The minimum atomic E-state index is -4.69. The Hall–Kier alpha value is -2.57. The Morgan fingerprint density at radius 2 is 1.76 bits per heavy atom. The van der Waals surface area contributed by atoms with E-state index < -0.39 is 6.36 Å². The summed E-state index contributed by atoms with van der Waals surface area (Å²) in [4.78, 5) is 8.41. The number of hydrogen-bond donors (Lipinski definition) is 0. The number of alkyl halides is 3. The predicted octanol–water partition coefficient (Wildman–Crippen LogP) is 3.60. The van der Waals surface area contributed by atoms with E-state index in [1.165, 1.54) is 24.3 Å². The van der Waals surface area contributed by atoms with Crippen LogP contribution in [0.4, 0.5) is 13.2 Å². The van der Waals surface area contributed by atoms with Crippen molar-refractivity contribution < 1.29 is 17.9 Å². The number of aryl methyl sites for hydroxylation is 1. The van der Waals surface area contributed by atoms with Gasteiger partial charge < -0.3 is 9.14 Å². The Balaban J connectivity index is 1.93. The molecule has 0 aliphatic heterocycles. The molecule has 0 atom stereocenters.